The maximum Gasteiger partial charge on any atom is 0.268 e. The number of rotatable bonds is 6. The van der Waals surface area contributed by atoms with Crippen molar-refractivity contribution in [3.05, 3.63) is 58.4 Å². The fraction of sp³-hybridized carbons (Fsp3) is 0.238. The Hall–Kier alpha value is -3.29. The Balaban J connectivity index is 1.88. The lowest BCUT2D eigenvalue weighted by Crippen LogP contribution is -2.14. The van der Waals surface area contributed by atoms with Crippen LogP contribution in [0.4, 0.5) is 5.13 Å². The minimum atomic E-state index is -3.57. The van der Waals surface area contributed by atoms with E-state index in [1.165, 1.54) is 13.0 Å². The predicted molar refractivity (Wildman–Crippen MR) is 120 cm³/mol. The van der Waals surface area contributed by atoms with Gasteiger partial charge < -0.3 is 4.57 Å². The highest BCUT2D eigenvalue weighted by Crippen LogP contribution is 2.24. The van der Waals surface area contributed by atoms with Crippen LogP contribution >= 0.6 is 11.5 Å². The van der Waals surface area contributed by atoms with Crippen molar-refractivity contribution in [2.24, 2.45) is 0 Å². The SMILES string of the molecule is CCS(=O)(=O)c1nsc(NC(=O)C(C#N)=Cc2cc(C)n(-c3ccc(C)cc3)c2C)n1. The first kappa shape index (κ1) is 22.4. The van der Waals surface area contributed by atoms with Crippen molar-refractivity contribution in [2.75, 3.05) is 11.1 Å². The molecule has 8 nitrogen and oxygen atoms in total. The summed E-state index contributed by atoms with van der Waals surface area (Å²) in [5, 5.41) is 11.6. The zero-order chi connectivity index (χ0) is 22.8. The van der Waals surface area contributed by atoms with Crippen LogP contribution in [0, 0.1) is 32.1 Å². The Kier molecular flexibility index (Phi) is 6.38. The first-order chi connectivity index (χ1) is 14.7. The summed E-state index contributed by atoms with van der Waals surface area (Å²) in [6.45, 7) is 7.37. The zero-order valence-electron chi connectivity index (χ0n) is 17.5. The van der Waals surface area contributed by atoms with Gasteiger partial charge in [0.25, 0.3) is 11.1 Å². The number of aromatic nitrogens is 3. The van der Waals surface area contributed by atoms with Crippen LogP contribution in [0.25, 0.3) is 11.8 Å². The second-order valence-corrected chi connectivity index (χ2v) is 9.83. The van der Waals surface area contributed by atoms with Crippen LogP contribution in [0.2, 0.25) is 0 Å². The van der Waals surface area contributed by atoms with Gasteiger partial charge in [-0.25, -0.2) is 8.42 Å². The zero-order valence-corrected chi connectivity index (χ0v) is 19.1. The summed E-state index contributed by atoms with van der Waals surface area (Å²) in [6, 6.07) is 11.9. The van der Waals surface area contributed by atoms with Gasteiger partial charge in [0.1, 0.15) is 11.6 Å². The maximum absolute atomic E-state index is 12.6. The monoisotopic (exact) mass is 455 g/mol. The topological polar surface area (TPSA) is 118 Å². The van der Waals surface area contributed by atoms with E-state index in [0.717, 1.165) is 39.7 Å². The number of sulfone groups is 1. The number of anilines is 1. The van der Waals surface area contributed by atoms with Crippen molar-refractivity contribution in [3.8, 4) is 11.8 Å². The Bertz CT molecular complexity index is 1310. The number of carbonyl (C=O) groups excluding carboxylic acids is 1. The van der Waals surface area contributed by atoms with E-state index in [1.54, 1.807) is 0 Å². The van der Waals surface area contributed by atoms with Crippen LogP contribution in [-0.2, 0) is 14.6 Å². The van der Waals surface area contributed by atoms with Crippen molar-refractivity contribution >= 4 is 38.5 Å². The molecule has 0 radical (unpaired) electrons. The van der Waals surface area contributed by atoms with Crippen LogP contribution < -0.4 is 5.32 Å². The fourth-order valence-corrected chi connectivity index (χ4v) is 4.59. The molecule has 0 aliphatic carbocycles. The molecule has 1 amide bonds. The molecule has 3 rings (SSSR count). The Labute approximate surface area is 185 Å². The van der Waals surface area contributed by atoms with E-state index in [4.69, 9.17) is 0 Å². The predicted octanol–water partition coefficient (Wildman–Crippen LogP) is 3.59. The molecule has 0 aliphatic heterocycles. The van der Waals surface area contributed by atoms with Crippen LogP contribution in [0.3, 0.4) is 0 Å². The number of aryl methyl sites for hydroxylation is 2. The van der Waals surface area contributed by atoms with Gasteiger partial charge in [0.05, 0.1) is 5.75 Å². The second-order valence-electron chi connectivity index (χ2n) is 6.91. The number of hydrogen-bond donors (Lipinski definition) is 1. The Morgan fingerprint density at radius 1 is 1.26 bits per heavy atom. The van der Waals surface area contributed by atoms with E-state index in [9.17, 15) is 18.5 Å². The summed E-state index contributed by atoms with van der Waals surface area (Å²) in [5.74, 6) is -0.823. The molecule has 0 saturated heterocycles. The first-order valence-electron chi connectivity index (χ1n) is 9.42. The number of hydrogen-bond acceptors (Lipinski definition) is 7. The van der Waals surface area contributed by atoms with Crippen molar-refractivity contribution in [3.63, 3.8) is 0 Å². The molecule has 3 aromatic rings. The molecule has 31 heavy (non-hydrogen) atoms. The van der Waals surface area contributed by atoms with Gasteiger partial charge in [-0.3, -0.25) is 10.1 Å². The van der Waals surface area contributed by atoms with Crippen LogP contribution in [0.15, 0.2) is 41.1 Å². The molecule has 1 aromatic carbocycles. The number of nitrogens with one attached hydrogen (secondary N) is 1. The third-order valence-corrected chi connectivity index (χ3v) is 6.96. The largest absolute Gasteiger partial charge is 0.318 e. The summed E-state index contributed by atoms with van der Waals surface area (Å²) in [7, 11) is -3.57. The number of nitriles is 1. The highest BCUT2D eigenvalue weighted by atomic mass is 32.2. The minimum Gasteiger partial charge on any atom is -0.318 e. The van der Waals surface area contributed by atoms with Crippen LogP contribution in [0.1, 0.15) is 29.4 Å². The van der Waals surface area contributed by atoms with Gasteiger partial charge in [-0.05, 0) is 50.6 Å². The number of benzene rings is 1. The van der Waals surface area contributed by atoms with Gasteiger partial charge in [-0.15, -0.1) is 0 Å². The number of nitrogens with zero attached hydrogens (tertiary/aromatic N) is 4. The van der Waals surface area contributed by atoms with E-state index in [2.05, 4.69) is 14.7 Å². The third-order valence-electron chi connectivity index (χ3n) is 4.71. The first-order valence-corrected chi connectivity index (χ1v) is 11.8. The smallest absolute Gasteiger partial charge is 0.268 e. The van der Waals surface area contributed by atoms with Gasteiger partial charge in [0.2, 0.25) is 15.0 Å². The van der Waals surface area contributed by atoms with Crippen LogP contribution in [0.5, 0.6) is 0 Å². The molecule has 160 valence electrons. The quantitative estimate of drug-likeness (QED) is 0.448. The van der Waals surface area contributed by atoms with Crippen molar-refractivity contribution in [1.29, 1.82) is 5.26 Å². The number of carbonyl (C=O) groups is 1. The lowest BCUT2D eigenvalue weighted by Gasteiger charge is -2.10. The summed E-state index contributed by atoms with van der Waals surface area (Å²) in [6.07, 6.45) is 1.51. The van der Waals surface area contributed by atoms with Gasteiger partial charge >= 0.3 is 0 Å². The highest BCUT2D eigenvalue weighted by molar-refractivity contribution is 7.91. The lowest BCUT2D eigenvalue weighted by molar-refractivity contribution is -0.112. The summed E-state index contributed by atoms with van der Waals surface area (Å²) in [5.41, 5.74) is 4.59. The molecule has 1 N–H and O–H groups in total. The summed E-state index contributed by atoms with van der Waals surface area (Å²) < 4.78 is 29.5. The molecule has 0 spiro atoms. The molecule has 0 fully saturated rings. The van der Waals surface area contributed by atoms with E-state index < -0.39 is 15.7 Å². The van der Waals surface area contributed by atoms with Crippen molar-refractivity contribution in [2.45, 2.75) is 32.9 Å². The average Bonchev–Trinajstić information content (AvgIpc) is 3.31. The third kappa shape index (κ3) is 4.73. The molecule has 0 unspecified atom stereocenters. The standard InChI is InChI=1S/C21H21N5O3S2/c1-5-31(28,29)21-24-20(30-25-21)23-19(27)17(12-22)11-16-10-14(3)26(15(16)4)18-8-6-13(2)7-9-18/h6-11H,5H2,1-4H3,(H,23,24,25,27). The fourth-order valence-electron chi connectivity index (χ4n) is 3.01. The van der Waals surface area contributed by atoms with E-state index in [-0.39, 0.29) is 21.6 Å². The average molecular weight is 456 g/mol. The van der Waals surface area contributed by atoms with E-state index in [1.807, 2.05) is 61.7 Å². The maximum atomic E-state index is 12.6. The molecule has 0 aliphatic rings. The molecule has 10 heteroatoms. The second kappa shape index (κ2) is 8.83. The molecule has 2 aromatic heterocycles. The van der Waals surface area contributed by atoms with Crippen LogP contribution in [-0.4, -0.2) is 34.0 Å². The van der Waals surface area contributed by atoms with E-state index in [0.29, 0.717) is 0 Å². The lowest BCUT2D eigenvalue weighted by atomic mass is 10.1. The normalized spacial score (nSPS) is 11.9. The molecule has 0 atom stereocenters. The van der Waals surface area contributed by atoms with Gasteiger partial charge in [-0.1, -0.05) is 24.6 Å². The summed E-state index contributed by atoms with van der Waals surface area (Å²) in [4.78, 5) is 16.4. The molecular weight excluding hydrogens is 434 g/mol. The van der Waals surface area contributed by atoms with Gasteiger partial charge in [0, 0.05) is 28.6 Å². The molecule has 0 saturated carbocycles. The molecular formula is C21H21N5O3S2. The minimum absolute atomic E-state index is 0.0169. The van der Waals surface area contributed by atoms with Crippen molar-refractivity contribution < 1.29 is 13.2 Å². The Morgan fingerprint density at radius 2 is 1.94 bits per heavy atom. The van der Waals surface area contributed by atoms with Gasteiger partial charge in [0.15, 0.2) is 0 Å². The number of amides is 1. The molecule has 0 bridgehead atoms. The Morgan fingerprint density at radius 3 is 2.55 bits per heavy atom. The van der Waals surface area contributed by atoms with E-state index >= 15 is 0 Å². The van der Waals surface area contributed by atoms with Gasteiger partial charge in [-0.2, -0.15) is 14.6 Å². The van der Waals surface area contributed by atoms with Crippen molar-refractivity contribution in [1.82, 2.24) is 13.9 Å². The summed E-state index contributed by atoms with van der Waals surface area (Å²) >= 11 is 0.749. The molecule has 2 heterocycles. The highest BCUT2D eigenvalue weighted by Gasteiger charge is 2.20.